The minimum Gasteiger partial charge on any atom is -0.390 e. The number of benzene rings is 1. The van der Waals surface area contributed by atoms with Crippen molar-refractivity contribution in [3.05, 3.63) is 68.0 Å². The molecule has 1 amide bonds. The molecule has 0 radical (unpaired) electrons. The van der Waals surface area contributed by atoms with Crippen molar-refractivity contribution in [2.45, 2.75) is 38.8 Å². The molecular formula is C17H21N3O4. The van der Waals surface area contributed by atoms with Crippen LogP contribution in [0.25, 0.3) is 0 Å². The van der Waals surface area contributed by atoms with Crippen LogP contribution < -0.4 is 16.6 Å². The Hall–Kier alpha value is -2.67. The first-order valence-electron chi connectivity index (χ1n) is 7.65. The van der Waals surface area contributed by atoms with Gasteiger partial charge < -0.3 is 15.4 Å². The lowest BCUT2D eigenvalue weighted by atomic mass is 9.98. The fourth-order valence-corrected chi connectivity index (χ4v) is 2.16. The summed E-state index contributed by atoms with van der Waals surface area (Å²) in [5, 5.41) is 12.4. The van der Waals surface area contributed by atoms with Gasteiger partial charge in [-0.05, 0) is 44.4 Å². The Balaban J connectivity index is 2.02. The summed E-state index contributed by atoms with van der Waals surface area (Å²) in [6.45, 7) is 3.50. The van der Waals surface area contributed by atoms with Gasteiger partial charge in [-0.1, -0.05) is 12.1 Å². The number of aromatic nitrogens is 2. The van der Waals surface area contributed by atoms with Gasteiger partial charge in [-0.3, -0.25) is 14.6 Å². The highest BCUT2D eigenvalue weighted by Crippen LogP contribution is 2.14. The standard InChI is InChI=1S/C17H21N3O4/c1-17(2,24)7-6-11-4-3-5-12(8-11)14(21)18-9-13-10-19-16(23)20-15(13)22/h3-5,8,10,24H,6-7,9H2,1-2H3,(H,18,21)(H2,19,20,22,23). The molecule has 0 atom stereocenters. The molecule has 0 spiro atoms. The number of carbonyl (C=O) groups is 1. The van der Waals surface area contributed by atoms with Crippen LogP contribution in [0.3, 0.4) is 0 Å². The normalized spacial score (nSPS) is 11.3. The van der Waals surface area contributed by atoms with Crippen LogP contribution in [0, 0.1) is 0 Å². The van der Waals surface area contributed by atoms with Gasteiger partial charge in [0.15, 0.2) is 0 Å². The average molecular weight is 331 g/mol. The first-order chi connectivity index (χ1) is 11.2. The van der Waals surface area contributed by atoms with Crippen molar-refractivity contribution in [3.8, 4) is 0 Å². The van der Waals surface area contributed by atoms with Crippen molar-refractivity contribution in [3.63, 3.8) is 0 Å². The first-order valence-corrected chi connectivity index (χ1v) is 7.65. The van der Waals surface area contributed by atoms with Gasteiger partial charge in [0, 0.05) is 18.3 Å². The zero-order chi connectivity index (χ0) is 17.7. The van der Waals surface area contributed by atoms with Gasteiger partial charge in [-0.15, -0.1) is 0 Å². The number of H-pyrrole nitrogens is 2. The van der Waals surface area contributed by atoms with E-state index >= 15 is 0 Å². The second kappa shape index (κ2) is 7.27. The van der Waals surface area contributed by atoms with Crippen LogP contribution in [-0.4, -0.2) is 26.6 Å². The first kappa shape index (κ1) is 17.7. The third kappa shape index (κ3) is 5.20. The molecule has 2 aromatic rings. The van der Waals surface area contributed by atoms with Crippen LogP contribution >= 0.6 is 0 Å². The van der Waals surface area contributed by atoms with Crippen molar-refractivity contribution >= 4 is 5.91 Å². The number of rotatable bonds is 6. The summed E-state index contributed by atoms with van der Waals surface area (Å²) in [5.74, 6) is -0.314. The SMILES string of the molecule is CC(C)(O)CCc1cccc(C(=O)NCc2c[nH]c(=O)[nH]c2=O)c1. The van der Waals surface area contributed by atoms with Crippen molar-refractivity contribution < 1.29 is 9.90 Å². The minimum absolute atomic E-state index is 0.0127. The van der Waals surface area contributed by atoms with Gasteiger partial charge >= 0.3 is 5.69 Å². The van der Waals surface area contributed by atoms with E-state index in [0.717, 1.165) is 5.56 Å². The topological polar surface area (TPSA) is 115 Å². The van der Waals surface area contributed by atoms with E-state index in [-0.39, 0.29) is 18.0 Å². The highest BCUT2D eigenvalue weighted by molar-refractivity contribution is 5.94. The summed E-state index contributed by atoms with van der Waals surface area (Å²) in [7, 11) is 0. The van der Waals surface area contributed by atoms with Gasteiger partial charge in [-0.2, -0.15) is 0 Å². The number of hydrogen-bond acceptors (Lipinski definition) is 4. The molecular weight excluding hydrogens is 310 g/mol. The van der Waals surface area contributed by atoms with Crippen LogP contribution in [0.1, 0.15) is 41.8 Å². The second-order valence-corrected chi connectivity index (χ2v) is 6.29. The Bertz CT molecular complexity index is 830. The number of carbonyl (C=O) groups excluding carboxylic acids is 1. The van der Waals surface area contributed by atoms with E-state index in [4.69, 9.17) is 0 Å². The van der Waals surface area contributed by atoms with E-state index < -0.39 is 16.9 Å². The van der Waals surface area contributed by atoms with Crippen LogP contribution in [-0.2, 0) is 13.0 Å². The Morgan fingerprint density at radius 3 is 2.71 bits per heavy atom. The predicted molar refractivity (Wildman–Crippen MR) is 89.9 cm³/mol. The number of nitrogens with one attached hydrogen (secondary N) is 3. The van der Waals surface area contributed by atoms with E-state index in [9.17, 15) is 19.5 Å². The van der Waals surface area contributed by atoms with Gasteiger partial charge in [-0.25, -0.2) is 4.79 Å². The molecule has 0 unspecified atom stereocenters. The third-order valence-corrected chi connectivity index (χ3v) is 3.55. The van der Waals surface area contributed by atoms with E-state index in [1.165, 1.54) is 6.20 Å². The molecule has 0 aliphatic rings. The lowest BCUT2D eigenvalue weighted by Crippen LogP contribution is -2.30. The quantitative estimate of drug-likeness (QED) is 0.623. The Labute approximate surface area is 138 Å². The maximum absolute atomic E-state index is 12.2. The van der Waals surface area contributed by atoms with Crippen molar-refractivity contribution in [1.82, 2.24) is 15.3 Å². The van der Waals surface area contributed by atoms with Crippen molar-refractivity contribution in [2.75, 3.05) is 0 Å². The molecule has 7 heteroatoms. The fourth-order valence-electron chi connectivity index (χ4n) is 2.16. The largest absolute Gasteiger partial charge is 0.390 e. The van der Waals surface area contributed by atoms with Crippen molar-refractivity contribution in [1.29, 1.82) is 0 Å². The Morgan fingerprint density at radius 1 is 1.29 bits per heavy atom. The van der Waals surface area contributed by atoms with E-state index in [2.05, 4.69) is 15.3 Å². The molecule has 24 heavy (non-hydrogen) atoms. The van der Waals surface area contributed by atoms with Crippen LogP contribution in [0.15, 0.2) is 40.1 Å². The zero-order valence-electron chi connectivity index (χ0n) is 13.7. The third-order valence-electron chi connectivity index (χ3n) is 3.55. The summed E-state index contributed by atoms with van der Waals surface area (Å²) < 4.78 is 0. The summed E-state index contributed by atoms with van der Waals surface area (Å²) >= 11 is 0. The van der Waals surface area contributed by atoms with Crippen LogP contribution in [0.4, 0.5) is 0 Å². The molecule has 1 aromatic heterocycles. The summed E-state index contributed by atoms with van der Waals surface area (Å²) in [6.07, 6.45) is 2.52. The molecule has 1 aromatic carbocycles. The summed E-state index contributed by atoms with van der Waals surface area (Å²) in [4.78, 5) is 39.2. The van der Waals surface area contributed by atoms with E-state index in [0.29, 0.717) is 18.4 Å². The number of hydrogen-bond donors (Lipinski definition) is 4. The summed E-state index contributed by atoms with van der Waals surface area (Å²) in [6, 6.07) is 7.12. The molecule has 0 aliphatic carbocycles. The fraction of sp³-hybridized carbons (Fsp3) is 0.353. The molecule has 0 aliphatic heterocycles. The van der Waals surface area contributed by atoms with Crippen LogP contribution in [0.5, 0.6) is 0 Å². The molecule has 2 rings (SSSR count). The van der Waals surface area contributed by atoms with E-state index in [1.54, 1.807) is 32.0 Å². The van der Waals surface area contributed by atoms with Gasteiger partial charge in [0.05, 0.1) is 11.2 Å². The lowest BCUT2D eigenvalue weighted by Gasteiger charge is -2.16. The van der Waals surface area contributed by atoms with Crippen molar-refractivity contribution in [2.24, 2.45) is 0 Å². The minimum atomic E-state index is -0.760. The predicted octanol–water partition coefficient (Wildman–Crippen LogP) is 0.697. The van der Waals surface area contributed by atoms with E-state index in [1.807, 2.05) is 6.07 Å². The molecule has 0 saturated heterocycles. The Kier molecular flexibility index (Phi) is 5.35. The maximum atomic E-state index is 12.2. The average Bonchev–Trinajstić information content (AvgIpc) is 2.51. The highest BCUT2D eigenvalue weighted by Gasteiger charge is 2.13. The highest BCUT2D eigenvalue weighted by atomic mass is 16.3. The van der Waals surface area contributed by atoms with Crippen LogP contribution in [0.2, 0.25) is 0 Å². The molecule has 7 nitrogen and oxygen atoms in total. The number of aliphatic hydroxyl groups is 1. The monoisotopic (exact) mass is 331 g/mol. The number of aryl methyl sites for hydroxylation is 1. The maximum Gasteiger partial charge on any atom is 0.325 e. The Morgan fingerprint density at radius 2 is 2.04 bits per heavy atom. The molecule has 4 N–H and O–H groups in total. The second-order valence-electron chi connectivity index (χ2n) is 6.29. The molecule has 0 bridgehead atoms. The lowest BCUT2D eigenvalue weighted by molar-refractivity contribution is 0.0714. The molecule has 128 valence electrons. The summed E-state index contributed by atoms with van der Waals surface area (Å²) in [5.41, 5.74) is -0.187. The van der Waals surface area contributed by atoms with Gasteiger partial charge in [0.2, 0.25) is 0 Å². The number of aromatic amines is 2. The zero-order valence-corrected chi connectivity index (χ0v) is 13.7. The molecule has 1 heterocycles. The smallest absolute Gasteiger partial charge is 0.325 e. The molecule has 0 fully saturated rings. The van der Waals surface area contributed by atoms with Gasteiger partial charge in [0.1, 0.15) is 0 Å². The molecule has 0 saturated carbocycles. The number of amides is 1. The van der Waals surface area contributed by atoms with Gasteiger partial charge in [0.25, 0.3) is 11.5 Å².